The van der Waals surface area contributed by atoms with E-state index < -0.39 is 0 Å². The highest BCUT2D eigenvalue weighted by Crippen LogP contribution is 2.09. The van der Waals surface area contributed by atoms with Gasteiger partial charge in [-0.3, -0.25) is 9.59 Å². The Morgan fingerprint density at radius 2 is 1.87 bits per heavy atom. The van der Waals surface area contributed by atoms with Gasteiger partial charge in [0.25, 0.3) is 5.91 Å². The highest BCUT2D eigenvalue weighted by molar-refractivity contribution is 7.80. The van der Waals surface area contributed by atoms with E-state index in [0.717, 1.165) is 0 Å². The van der Waals surface area contributed by atoms with Crippen molar-refractivity contribution < 1.29 is 9.59 Å². The van der Waals surface area contributed by atoms with Crippen molar-refractivity contribution in [3.63, 3.8) is 0 Å². The van der Waals surface area contributed by atoms with E-state index in [1.54, 1.807) is 24.3 Å². The summed E-state index contributed by atoms with van der Waals surface area (Å²) >= 11 is 3.89. The fourth-order valence-electron chi connectivity index (χ4n) is 1.08. The largest absolute Gasteiger partial charge is 0.343 e. The molecule has 0 aliphatic rings. The first kappa shape index (κ1) is 11.6. The number of hydrogen-bond donors (Lipinski definition) is 3. The van der Waals surface area contributed by atoms with E-state index in [-0.39, 0.29) is 11.8 Å². The van der Waals surface area contributed by atoms with Gasteiger partial charge >= 0.3 is 0 Å². The Balaban J connectivity index is 2.71. The van der Waals surface area contributed by atoms with Gasteiger partial charge in [-0.2, -0.15) is 12.6 Å². The minimum Gasteiger partial charge on any atom is -0.343 e. The molecule has 1 rings (SSSR count). The zero-order valence-corrected chi connectivity index (χ0v) is 9.17. The molecular weight excluding hydrogens is 212 g/mol. The second-order valence-corrected chi connectivity index (χ2v) is 3.24. The molecule has 0 bridgehead atoms. The molecule has 0 atom stereocenters. The van der Waals surface area contributed by atoms with Gasteiger partial charge < -0.3 is 10.6 Å². The standard InChI is InChI=1S/C10H12N2O2S/c1-7(13)12-9-4-2-8(3-5-9)10(14)11-6-15/h2-5,15H,6H2,1H3,(H,11,14)(H,12,13). The van der Waals surface area contributed by atoms with E-state index in [1.165, 1.54) is 6.92 Å². The fraction of sp³-hybridized carbons (Fsp3) is 0.200. The van der Waals surface area contributed by atoms with Crippen molar-refractivity contribution >= 4 is 30.1 Å². The molecule has 0 unspecified atom stereocenters. The summed E-state index contributed by atoms with van der Waals surface area (Å²) in [6, 6.07) is 6.64. The number of benzene rings is 1. The number of anilines is 1. The highest BCUT2D eigenvalue weighted by atomic mass is 32.1. The zero-order valence-electron chi connectivity index (χ0n) is 8.28. The molecule has 5 heteroatoms. The molecule has 2 amide bonds. The Kier molecular flexibility index (Phi) is 4.17. The Morgan fingerprint density at radius 1 is 1.27 bits per heavy atom. The lowest BCUT2D eigenvalue weighted by Crippen LogP contribution is -2.21. The number of hydrogen-bond acceptors (Lipinski definition) is 3. The third-order valence-electron chi connectivity index (χ3n) is 1.71. The monoisotopic (exact) mass is 224 g/mol. The molecule has 2 N–H and O–H groups in total. The van der Waals surface area contributed by atoms with Crippen LogP contribution in [0.25, 0.3) is 0 Å². The van der Waals surface area contributed by atoms with Crippen LogP contribution in [0.15, 0.2) is 24.3 Å². The van der Waals surface area contributed by atoms with Crippen LogP contribution in [0.5, 0.6) is 0 Å². The number of carbonyl (C=O) groups is 2. The fourth-order valence-corrected chi connectivity index (χ4v) is 1.23. The summed E-state index contributed by atoms with van der Waals surface area (Å²) in [4.78, 5) is 22.1. The molecule has 0 spiro atoms. The molecule has 0 heterocycles. The van der Waals surface area contributed by atoms with Crippen LogP contribution in [-0.2, 0) is 4.79 Å². The number of amides is 2. The first-order valence-electron chi connectivity index (χ1n) is 4.40. The number of rotatable bonds is 3. The Morgan fingerprint density at radius 3 is 2.33 bits per heavy atom. The Hall–Kier alpha value is -1.49. The lowest BCUT2D eigenvalue weighted by molar-refractivity contribution is -0.114. The summed E-state index contributed by atoms with van der Waals surface area (Å²) < 4.78 is 0. The van der Waals surface area contributed by atoms with E-state index in [1.807, 2.05) is 0 Å². The van der Waals surface area contributed by atoms with Crippen LogP contribution in [0, 0.1) is 0 Å². The molecule has 0 aromatic heterocycles. The van der Waals surface area contributed by atoms with E-state index in [0.29, 0.717) is 17.1 Å². The second-order valence-electron chi connectivity index (χ2n) is 2.92. The first-order chi connectivity index (χ1) is 7.13. The van der Waals surface area contributed by atoms with E-state index in [9.17, 15) is 9.59 Å². The molecule has 1 aromatic rings. The van der Waals surface area contributed by atoms with Crippen LogP contribution in [0.3, 0.4) is 0 Å². The third-order valence-corrected chi connectivity index (χ3v) is 1.87. The molecule has 0 aliphatic heterocycles. The summed E-state index contributed by atoms with van der Waals surface area (Å²) in [6.45, 7) is 1.43. The van der Waals surface area contributed by atoms with Crippen LogP contribution >= 0.6 is 12.6 Å². The van der Waals surface area contributed by atoms with Crippen molar-refractivity contribution in [2.45, 2.75) is 6.92 Å². The maximum atomic E-state index is 11.3. The summed E-state index contributed by atoms with van der Waals surface area (Å²) in [5, 5.41) is 5.18. The molecule has 15 heavy (non-hydrogen) atoms. The van der Waals surface area contributed by atoms with Crippen molar-refractivity contribution in [2.24, 2.45) is 0 Å². The topological polar surface area (TPSA) is 58.2 Å². The molecule has 0 radical (unpaired) electrons. The average Bonchev–Trinajstić information content (AvgIpc) is 2.18. The molecule has 4 nitrogen and oxygen atoms in total. The van der Waals surface area contributed by atoms with E-state index in [4.69, 9.17) is 0 Å². The third kappa shape index (κ3) is 3.63. The number of thiol groups is 1. The predicted octanol–water partition coefficient (Wildman–Crippen LogP) is 1.26. The normalized spacial score (nSPS) is 9.47. The van der Waals surface area contributed by atoms with Gasteiger partial charge in [-0.15, -0.1) is 0 Å². The summed E-state index contributed by atoms with van der Waals surface area (Å²) in [5.41, 5.74) is 1.21. The van der Waals surface area contributed by atoms with E-state index >= 15 is 0 Å². The summed E-state index contributed by atoms with van der Waals surface area (Å²) in [5.74, 6) is -0.0198. The first-order valence-corrected chi connectivity index (χ1v) is 5.03. The quantitative estimate of drug-likeness (QED) is 0.535. The molecule has 0 fully saturated rings. The van der Waals surface area contributed by atoms with Gasteiger partial charge in [0.1, 0.15) is 0 Å². The Bertz CT molecular complexity index is 362. The Labute approximate surface area is 93.5 Å². The lowest BCUT2D eigenvalue weighted by Gasteiger charge is -2.04. The van der Waals surface area contributed by atoms with Crippen LogP contribution in [0.1, 0.15) is 17.3 Å². The summed E-state index contributed by atoms with van der Waals surface area (Å²) in [6.07, 6.45) is 0. The second kappa shape index (κ2) is 5.41. The van der Waals surface area contributed by atoms with Crippen molar-refractivity contribution in [1.29, 1.82) is 0 Å². The smallest absolute Gasteiger partial charge is 0.251 e. The number of carbonyl (C=O) groups excluding carboxylic acids is 2. The molecule has 80 valence electrons. The van der Waals surface area contributed by atoms with Crippen LogP contribution in [0.4, 0.5) is 5.69 Å². The lowest BCUT2D eigenvalue weighted by atomic mass is 10.2. The predicted molar refractivity (Wildman–Crippen MR) is 62.1 cm³/mol. The minimum absolute atomic E-state index is 0.137. The minimum atomic E-state index is -0.181. The van der Waals surface area contributed by atoms with Crippen molar-refractivity contribution in [1.82, 2.24) is 5.32 Å². The van der Waals surface area contributed by atoms with Gasteiger partial charge in [0.2, 0.25) is 5.91 Å². The SMILES string of the molecule is CC(=O)Nc1ccc(C(=O)NCS)cc1. The molecule has 1 aromatic carbocycles. The maximum Gasteiger partial charge on any atom is 0.251 e. The van der Waals surface area contributed by atoms with Crippen molar-refractivity contribution in [3.05, 3.63) is 29.8 Å². The molecule has 0 aliphatic carbocycles. The van der Waals surface area contributed by atoms with Crippen molar-refractivity contribution in [2.75, 3.05) is 11.2 Å². The van der Waals surface area contributed by atoms with Gasteiger partial charge in [0.15, 0.2) is 0 Å². The van der Waals surface area contributed by atoms with Gasteiger partial charge in [-0.05, 0) is 24.3 Å². The van der Waals surface area contributed by atoms with Crippen LogP contribution in [0.2, 0.25) is 0 Å². The molecule has 0 saturated heterocycles. The highest BCUT2D eigenvalue weighted by Gasteiger charge is 2.03. The summed E-state index contributed by atoms with van der Waals surface area (Å²) in [7, 11) is 0. The van der Waals surface area contributed by atoms with E-state index in [2.05, 4.69) is 23.3 Å². The average molecular weight is 224 g/mol. The van der Waals surface area contributed by atoms with Gasteiger partial charge in [-0.25, -0.2) is 0 Å². The van der Waals surface area contributed by atoms with Crippen LogP contribution in [-0.4, -0.2) is 17.7 Å². The van der Waals surface area contributed by atoms with Gasteiger partial charge in [0.05, 0.1) is 5.88 Å². The van der Waals surface area contributed by atoms with Gasteiger partial charge in [0, 0.05) is 18.2 Å². The zero-order chi connectivity index (χ0) is 11.3. The van der Waals surface area contributed by atoms with Gasteiger partial charge in [-0.1, -0.05) is 0 Å². The number of nitrogens with one attached hydrogen (secondary N) is 2. The molecule has 0 saturated carbocycles. The molecular formula is C10H12N2O2S. The van der Waals surface area contributed by atoms with Crippen molar-refractivity contribution in [3.8, 4) is 0 Å². The maximum absolute atomic E-state index is 11.3. The van der Waals surface area contributed by atoms with Crippen LogP contribution < -0.4 is 10.6 Å².